The number of hydrogen-bond donors (Lipinski definition) is 0. The van der Waals surface area contributed by atoms with E-state index < -0.39 is 0 Å². The molecule has 2 aromatic rings. The van der Waals surface area contributed by atoms with Crippen LogP contribution in [0, 0.1) is 0 Å². The number of carbonyl (C=O) groups is 1. The Morgan fingerprint density at radius 1 is 1.30 bits per heavy atom. The summed E-state index contributed by atoms with van der Waals surface area (Å²) >= 11 is 13.5. The number of hydrogen-bond acceptors (Lipinski definition) is 4. The first-order chi connectivity index (χ1) is 11.1. The molecule has 7 heteroatoms. The number of ether oxygens (including phenoxy) is 2. The topological polar surface area (TPSA) is 38.8 Å². The SMILES string of the molecule is COCCN(Cc1ccsc1)C(=O)COc1ccc(Cl)cc1Cl. The Morgan fingerprint density at radius 3 is 2.78 bits per heavy atom. The van der Waals surface area contributed by atoms with Crippen LogP contribution in [-0.2, 0) is 16.1 Å². The van der Waals surface area contributed by atoms with E-state index in [0.717, 1.165) is 5.56 Å². The first-order valence-electron chi connectivity index (χ1n) is 6.96. The summed E-state index contributed by atoms with van der Waals surface area (Å²) < 4.78 is 10.6. The minimum atomic E-state index is -0.126. The van der Waals surface area contributed by atoms with E-state index in [1.165, 1.54) is 0 Å². The van der Waals surface area contributed by atoms with E-state index in [2.05, 4.69) is 0 Å². The molecule has 0 radical (unpaired) electrons. The highest BCUT2D eigenvalue weighted by atomic mass is 35.5. The summed E-state index contributed by atoms with van der Waals surface area (Å²) in [6, 6.07) is 6.89. The Kier molecular flexibility index (Phi) is 7.17. The lowest BCUT2D eigenvalue weighted by molar-refractivity contribution is -0.134. The van der Waals surface area contributed by atoms with Crippen molar-refractivity contribution in [1.29, 1.82) is 0 Å². The van der Waals surface area contributed by atoms with Gasteiger partial charge >= 0.3 is 0 Å². The molecule has 0 bridgehead atoms. The molecule has 4 nitrogen and oxygen atoms in total. The maximum Gasteiger partial charge on any atom is 0.260 e. The molecule has 0 spiro atoms. The summed E-state index contributed by atoms with van der Waals surface area (Å²) in [4.78, 5) is 14.1. The van der Waals surface area contributed by atoms with Crippen LogP contribution in [0.15, 0.2) is 35.0 Å². The number of rotatable bonds is 8. The second kappa shape index (κ2) is 9.13. The fourth-order valence-corrected chi connectivity index (χ4v) is 3.04. The van der Waals surface area contributed by atoms with Gasteiger partial charge in [-0.25, -0.2) is 0 Å². The third-order valence-electron chi connectivity index (χ3n) is 3.12. The van der Waals surface area contributed by atoms with Gasteiger partial charge in [-0.15, -0.1) is 0 Å². The third kappa shape index (κ3) is 5.70. The molecule has 0 atom stereocenters. The fraction of sp³-hybridized carbons (Fsp3) is 0.312. The van der Waals surface area contributed by atoms with Crippen LogP contribution in [0.25, 0.3) is 0 Å². The zero-order valence-corrected chi connectivity index (χ0v) is 15.0. The van der Waals surface area contributed by atoms with Crippen molar-refractivity contribution in [2.75, 3.05) is 26.9 Å². The summed E-state index contributed by atoms with van der Waals surface area (Å²) in [5.74, 6) is 0.311. The number of nitrogens with zero attached hydrogens (tertiary/aromatic N) is 1. The predicted molar refractivity (Wildman–Crippen MR) is 93.6 cm³/mol. The molecule has 0 saturated heterocycles. The maximum absolute atomic E-state index is 12.4. The van der Waals surface area contributed by atoms with Crippen LogP contribution in [0.5, 0.6) is 5.75 Å². The molecule has 0 fully saturated rings. The van der Waals surface area contributed by atoms with Gasteiger partial charge in [0.25, 0.3) is 5.91 Å². The number of benzene rings is 1. The minimum Gasteiger partial charge on any atom is -0.482 e. The molecule has 124 valence electrons. The molecule has 0 N–H and O–H groups in total. The molecule has 0 aliphatic carbocycles. The molecule has 1 aromatic heterocycles. The molecule has 0 aliphatic rings. The zero-order chi connectivity index (χ0) is 16.7. The number of methoxy groups -OCH3 is 1. The molecule has 1 amide bonds. The van der Waals surface area contributed by atoms with Crippen molar-refractivity contribution in [2.45, 2.75) is 6.54 Å². The normalized spacial score (nSPS) is 10.6. The number of amides is 1. The van der Waals surface area contributed by atoms with Crippen LogP contribution < -0.4 is 4.74 Å². The van der Waals surface area contributed by atoms with E-state index >= 15 is 0 Å². The molecule has 0 saturated carbocycles. The molecule has 2 rings (SSSR count). The van der Waals surface area contributed by atoms with Gasteiger partial charge in [-0.05, 0) is 40.6 Å². The van der Waals surface area contributed by atoms with Gasteiger partial charge in [-0.3, -0.25) is 4.79 Å². The van der Waals surface area contributed by atoms with E-state index in [9.17, 15) is 4.79 Å². The van der Waals surface area contributed by atoms with Gasteiger partial charge in [0.1, 0.15) is 5.75 Å². The Bertz CT molecular complexity index is 634. The molecule has 0 aliphatic heterocycles. The Balaban J connectivity index is 1.96. The Hall–Kier alpha value is -1.27. The maximum atomic E-state index is 12.4. The fourth-order valence-electron chi connectivity index (χ4n) is 1.92. The largest absolute Gasteiger partial charge is 0.482 e. The lowest BCUT2D eigenvalue weighted by atomic mass is 10.3. The molecule has 1 heterocycles. The quantitative estimate of drug-likeness (QED) is 0.698. The Morgan fingerprint density at radius 2 is 2.13 bits per heavy atom. The number of carbonyl (C=O) groups excluding carboxylic acids is 1. The van der Waals surface area contributed by atoms with Crippen molar-refractivity contribution in [1.82, 2.24) is 4.90 Å². The van der Waals surface area contributed by atoms with E-state index in [1.807, 2.05) is 16.8 Å². The second-order valence-electron chi connectivity index (χ2n) is 4.80. The Labute approximate surface area is 149 Å². The van der Waals surface area contributed by atoms with Gasteiger partial charge in [0.2, 0.25) is 0 Å². The summed E-state index contributed by atoms with van der Waals surface area (Å²) in [6.07, 6.45) is 0. The standard InChI is InChI=1S/C16H17Cl2NO3S/c1-21-6-5-19(9-12-4-7-23-11-12)16(20)10-22-15-3-2-13(17)8-14(15)18/h2-4,7-8,11H,5-6,9-10H2,1H3. The molecular formula is C16H17Cl2NO3S. The van der Waals surface area contributed by atoms with Gasteiger partial charge in [-0.2, -0.15) is 11.3 Å². The highest BCUT2D eigenvalue weighted by molar-refractivity contribution is 7.07. The van der Waals surface area contributed by atoms with Crippen LogP contribution in [0.4, 0.5) is 0 Å². The number of halogens is 2. The van der Waals surface area contributed by atoms with Crippen LogP contribution in [0.3, 0.4) is 0 Å². The average molecular weight is 374 g/mol. The predicted octanol–water partition coefficient (Wildman–Crippen LogP) is 4.11. The van der Waals surface area contributed by atoms with Crippen molar-refractivity contribution in [2.24, 2.45) is 0 Å². The number of thiophene rings is 1. The first-order valence-corrected chi connectivity index (χ1v) is 8.65. The lowest BCUT2D eigenvalue weighted by Crippen LogP contribution is -2.36. The smallest absolute Gasteiger partial charge is 0.260 e. The molecular weight excluding hydrogens is 357 g/mol. The summed E-state index contributed by atoms with van der Waals surface area (Å²) in [6.45, 7) is 1.42. The van der Waals surface area contributed by atoms with Crippen molar-refractivity contribution >= 4 is 40.4 Å². The summed E-state index contributed by atoms with van der Waals surface area (Å²) in [5.41, 5.74) is 1.09. The minimum absolute atomic E-state index is 0.0881. The van der Waals surface area contributed by atoms with Crippen LogP contribution in [0.1, 0.15) is 5.56 Å². The highest BCUT2D eigenvalue weighted by Crippen LogP contribution is 2.27. The molecule has 1 aromatic carbocycles. The van der Waals surface area contributed by atoms with Crippen molar-refractivity contribution in [3.63, 3.8) is 0 Å². The average Bonchev–Trinajstić information content (AvgIpc) is 3.03. The van der Waals surface area contributed by atoms with Gasteiger partial charge in [0, 0.05) is 25.2 Å². The van der Waals surface area contributed by atoms with Crippen molar-refractivity contribution in [3.8, 4) is 5.75 Å². The zero-order valence-electron chi connectivity index (χ0n) is 12.6. The van der Waals surface area contributed by atoms with Gasteiger partial charge in [0.05, 0.1) is 11.6 Å². The second-order valence-corrected chi connectivity index (χ2v) is 6.43. The van der Waals surface area contributed by atoms with Gasteiger partial charge in [-0.1, -0.05) is 23.2 Å². The lowest BCUT2D eigenvalue weighted by Gasteiger charge is -2.22. The third-order valence-corrected chi connectivity index (χ3v) is 4.38. The van der Waals surface area contributed by atoms with E-state index in [1.54, 1.807) is 41.5 Å². The van der Waals surface area contributed by atoms with Gasteiger partial charge < -0.3 is 14.4 Å². The van der Waals surface area contributed by atoms with Crippen LogP contribution in [-0.4, -0.2) is 37.7 Å². The molecule has 23 heavy (non-hydrogen) atoms. The summed E-state index contributed by atoms with van der Waals surface area (Å²) in [5, 5.41) is 4.90. The molecule has 0 unspecified atom stereocenters. The van der Waals surface area contributed by atoms with Gasteiger partial charge in [0.15, 0.2) is 6.61 Å². The monoisotopic (exact) mass is 373 g/mol. The van der Waals surface area contributed by atoms with E-state index in [0.29, 0.717) is 35.5 Å². The van der Waals surface area contributed by atoms with E-state index in [-0.39, 0.29) is 12.5 Å². The van der Waals surface area contributed by atoms with Crippen molar-refractivity contribution in [3.05, 3.63) is 50.6 Å². The van der Waals surface area contributed by atoms with Crippen LogP contribution >= 0.6 is 34.5 Å². The van der Waals surface area contributed by atoms with Crippen LogP contribution in [0.2, 0.25) is 10.0 Å². The highest BCUT2D eigenvalue weighted by Gasteiger charge is 2.15. The summed E-state index contributed by atoms with van der Waals surface area (Å²) in [7, 11) is 1.61. The van der Waals surface area contributed by atoms with E-state index in [4.69, 9.17) is 32.7 Å². The first kappa shape index (κ1) is 18.1. The van der Waals surface area contributed by atoms with Crippen molar-refractivity contribution < 1.29 is 14.3 Å².